The van der Waals surface area contributed by atoms with Crippen LogP contribution in [0.1, 0.15) is 0 Å². The second kappa shape index (κ2) is 2.44. The molecule has 9 heavy (non-hydrogen) atoms. The largest absolute Gasteiger partial charge is 0.481 e. The molecule has 1 rings (SSSR count). The molecule has 0 aliphatic rings. The van der Waals surface area contributed by atoms with E-state index in [-0.39, 0.29) is 5.88 Å². The second-order valence-corrected chi connectivity index (χ2v) is 1.42. The molecule has 1 aromatic rings. The van der Waals surface area contributed by atoms with Crippen LogP contribution in [0.15, 0.2) is 12.1 Å². The molecule has 0 bridgehead atoms. The molecular weight excluding hydrogens is 121 g/mol. The Bertz CT molecular complexity index is 202. The van der Waals surface area contributed by atoms with Crippen molar-refractivity contribution in [1.29, 1.82) is 0 Å². The van der Waals surface area contributed by atoms with E-state index in [1.54, 1.807) is 0 Å². The van der Waals surface area contributed by atoms with Gasteiger partial charge in [0.2, 0.25) is 11.8 Å². The van der Waals surface area contributed by atoms with Crippen molar-refractivity contribution >= 4 is 0 Å². The van der Waals surface area contributed by atoms with Gasteiger partial charge in [-0.2, -0.15) is 9.37 Å². The Balaban J connectivity index is 2.94. The first-order valence-corrected chi connectivity index (χ1v) is 2.41. The zero-order valence-corrected chi connectivity index (χ0v) is 4.89. The molecule has 0 N–H and O–H groups in total. The summed E-state index contributed by atoms with van der Waals surface area (Å²) in [5.74, 6) is -0.374. The molecular formula is C6H5FNO. The fraction of sp³-hybridized carbons (Fsp3) is 0.167. The normalized spacial score (nSPS) is 9.11. The molecule has 1 aromatic heterocycles. The number of aromatic nitrogens is 1. The highest BCUT2D eigenvalue weighted by atomic mass is 19.1. The lowest BCUT2D eigenvalue weighted by Crippen LogP contribution is -1.88. The molecule has 0 saturated heterocycles. The maximum Gasteiger partial charge on any atom is 0.224 e. The van der Waals surface area contributed by atoms with E-state index in [0.717, 1.165) is 0 Å². The van der Waals surface area contributed by atoms with Crippen molar-refractivity contribution in [2.45, 2.75) is 0 Å². The summed E-state index contributed by atoms with van der Waals surface area (Å²) < 4.78 is 16.7. The number of hydrogen-bond acceptors (Lipinski definition) is 2. The summed E-state index contributed by atoms with van der Waals surface area (Å²) >= 11 is 0. The van der Waals surface area contributed by atoms with Crippen molar-refractivity contribution in [3.63, 3.8) is 0 Å². The lowest BCUT2D eigenvalue weighted by atomic mass is 10.5. The fourth-order valence-electron chi connectivity index (χ4n) is 0.462. The molecule has 1 heterocycles. The maximum atomic E-state index is 12.1. The minimum atomic E-state index is -0.644. The topological polar surface area (TPSA) is 22.1 Å². The van der Waals surface area contributed by atoms with E-state index in [9.17, 15) is 4.39 Å². The lowest BCUT2D eigenvalue weighted by molar-refractivity contribution is 0.387. The predicted octanol–water partition coefficient (Wildman–Crippen LogP) is 1.03. The first kappa shape index (κ1) is 6.01. The van der Waals surface area contributed by atoms with Crippen LogP contribution in [0.5, 0.6) is 5.88 Å². The van der Waals surface area contributed by atoms with E-state index in [2.05, 4.69) is 15.8 Å². The summed E-state index contributed by atoms with van der Waals surface area (Å²) in [4.78, 5) is 3.35. The second-order valence-electron chi connectivity index (χ2n) is 1.42. The number of nitrogens with zero attached hydrogens (tertiary/aromatic N) is 1. The predicted molar refractivity (Wildman–Crippen MR) is 29.6 cm³/mol. The Morgan fingerprint density at radius 3 is 3.00 bits per heavy atom. The van der Waals surface area contributed by atoms with Crippen LogP contribution in [0.4, 0.5) is 4.39 Å². The van der Waals surface area contributed by atoms with Crippen LogP contribution in [0.25, 0.3) is 0 Å². The monoisotopic (exact) mass is 126 g/mol. The third kappa shape index (κ3) is 1.38. The van der Waals surface area contributed by atoms with Gasteiger partial charge < -0.3 is 4.74 Å². The van der Waals surface area contributed by atoms with Crippen LogP contribution in [-0.4, -0.2) is 12.1 Å². The van der Waals surface area contributed by atoms with Gasteiger partial charge in [0.1, 0.15) is 0 Å². The average molecular weight is 126 g/mol. The molecule has 0 fully saturated rings. The van der Waals surface area contributed by atoms with Gasteiger partial charge in [0.05, 0.1) is 7.11 Å². The highest BCUT2D eigenvalue weighted by molar-refractivity contribution is 5.08. The van der Waals surface area contributed by atoms with E-state index in [1.165, 1.54) is 19.2 Å². The highest BCUT2D eigenvalue weighted by Crippen LogP contribution is 2.03. The van der Waals surface area contributed by atoms with E-state index in [0.29, 0.717) is 0 Å². The molecule has 0 spiro atoms. The fourth-order valence-corrected chi connectivity index (χ4v) is 0.462. The van der Waals surface area contributed by atoms with Crippen LogP contribution in [-0.2, 0) is 0 Å². The van der Waals surface area contributed by atoms with Gasteiger partial charge in [0, 0.05) is 12.1 Å². The number of rotatable bonds is 1. The lowest BCUT2D eigenvalue weighted by Gasteiger charge is -1.94. The Kier molecular flexibility index (Phi) is 1.63. The first-order chi connectivity index (χ1) is 4.33. The molecule has 0 aliphatic heterocycles. The Labute approximate surface area is 52.3 Å². The summed E-state index contributed by atoms with van der Waals surface area (Å²) in [6.45, 7) is 0. The molecule has 1 radical (unpaired) electrons. The molecule has 47 valence electrons. The number of pyridine rings is 1. The van der Waals surface area contributed by atoms with Gasteiger partial charge in [-0.05, 0) is 6.07 Å². The van der Waals surface area contributed by atoms with Crippen LogP contribution >= 0.6 is 0 Å². The van der Waals surface area contributed by atoms with Gasteiger partial charge in [-0.15, -0.1) is 0 Å². The van der Waals surface area contributed by atoms with Crippen LogP contribution < -0.4 is 4.74 Å². The van der Waals surface area contributed by atoms with Gasteiger partial charge in [-0.3, -0.25) is 0 Å². The molecule has 0 saturated carbocycles. The Morgan fingerprint density at radius 1 is 1.78 bits per heavy atom. The maximum absolute atomic E-state index is 12.1. The van der Waals surface area contributed by atoms with E-state index in [4.69, 9.17) is 0 Å². The van der Waals surface area contributed by atoms with E-state index in [1.807, 2.05) is 0 Å². The third-order valence-electron chi connectivity index (χ3n) is 0.846. The molecule has 3 heteroatoms. The number of halogens is 1. The Morgan fingerprint density at radius 2 is 2.56 bits per heavy atom. The van der Waals surface area contributed by atoms with Crippen molar-refractivity contribution in [2.75, 3.05) is 7.11 Å². The quantitative estimate of drug-likeness (QED) is 0.524. The molecule has 0 aliphatic carbocycles. The van der Waals surface area contributed by atoms with Crippen molar-refractivity contribution in [2.24, 2.45) is 0 Å². The van der Waals surface area contributed by atoms with Crippen molar-refractivity contribution in [1.82, 2.24) is 4.98 Å². The number of methoxy groups -OCH3 is 1. The smallest absolute Gasteiger partial charge is 0.224 e. The van der Waals surface area contributed by atoms with Crippen LogP contribution in [0.2, 0.25) is 0 Å². The third-order valence-corrected chi connectivity index (χ3v) is 0.846. The standard InChI is InChI=1S/C6H5FNO/c1-9-6-4-2-3-5(7)8-6/h2,4H,1H3. The minimum absolute atomic E-state index is 0.270. The summed E-state index contributed by atoms with van der Waals surface area (Å²) in [5.41, 5.74) is 0. The van der Waals surface area contributed by atoms with Crippen molar-refractivity contribution in [3.8, 4) is 5.88 Å². The zero-order valence-electron chi connectivity index (χ0n) is 4.89. The van der Waals surface area contributed by atoms with Crippen molar-refractivity contribution in [3.05, 3.63) is 24.1 Å². The molecule has 0 aromatic carbocycles. The summed E-state index contributed by atoms with van der Waals surface area (Å²) in [6.07, 6.45) is 0. The van der Waals surface area contributed by atoms with E-state index >= 15 is 0 Å². The van der Waals surface area contributed by atoms with Gasteiger partial charge in [0.25, 0.3) is 0 Å². The SMILES string of the molecule is COc1cc[c]c(F)n1. The van der Waals surface area contributed by atoms with Crippen molar-refractivity contribution < 1.29 is 9.13 Å². The number of hydrogen-bond donors (Lipinski definition) is 0. The molecule has 0 amide bonds. The van der Waals surface area contributed by atoms with Crippen LogP contribution in [0, 0.1) is 12.0 Å². The Hall–Kier alpha value is -1.12. The molecule has 0 unspecified atom stereocenters. The molecule has 0 atom stereocenters. The van der Waals surface area contributed by atoms with Gasteiger partial charge in [-0.25, -0.2) is 0 Å². The van der Waals surface area contributed by atoms with Gasteiger partial charge >= 0.3 is 0 Å². The van der Waals surface area contributed by atoms with E-state index < -0.39 is 5.95 Å². The average Bonchev–Trinajstić information content (AvgIpc) is 1.88. The summed E-state index contributed by atoms with van der Waals surface area (Å²) in [6, 6.07) is 5.20. The van der Waals surface area contributed by atoms with Gasteiger partial charge in [0.15, 0.2) is 0 Å². The minimum Gasteiger partial charge on any atom is -0.481 e. The highest BCUT2D eigenvalue weighted by Gasteiger charge is 1.92. The number of ether oxygens (including phenoxy) is 1. The summed E-state index contributed by atoms with van der Waals surface area (Å²) in [7, 11) is 1.43. The molecule has 2 nitrogen and oxygen atoms in total. The van der Waals surface area contributed by atoms with Crippen LogP contribution in [0.3, 0.4) is 0 Å². The summed E-state index contributed by atoms with van der Waals surface area (Å²) in [5, 5.41) is 0. The first-order valence-electron chi connectivity index (χ1n) is 2.41. The van der Waals surface area contributed by atoms with Gasteiger partial charge in [-0.1, -0.05) is 0 Å². The zero-order chi connectivity index (χ0) is 6.69.